The van der Waals surface area contributed by atoms with Crippen molar-refractivity contribution in [1.29, 1.82) is 0 Å². The molecular formula is C9H17IO2. The van der Waals surface area contributed by atoms with E-state index in [1.165, 1.54) is 0 Å². The fraction of sp³-hybridized carbons (Fsp3) is 0.889. The van der Waals surface area contributed by atoms with Gasteiger partial charge in [-0.3, -0.25) is 4.79 Å². The van der Waals surface area contributed by atoms with Crippen molar-refractivity contribution in [1.82, 2.24) is 0 Å². The first-order valence-corrected chi connectivity index (χ1v) is 5.82. The minimum atomic E-state index is -0.280. The van der Waals surface area contributed by atoms with Crippen LogP contribution in [0.2, 0.25) is 0 Å². The van der Waals surface area contributed by atoms with Crippen LogP contribution in [0.25, 0.3) is 0 Å². The summed E-state index contributed by atoms with van der Waals surface area (Å²) >= 11 is 2.17. The molecule has 0 radical (unpaired) electrons. The number of rotatable bonds is 5. The average Bonchev–Trinajstić information content (AvgIpc) is 1.85. The van der Waals surface area contributed by atoms with Gasteiger partial charge < -0.3 is 4.74 Å². The number of carbonyl (C=O) groups excluding carboxylic acids is 1. The van der Waals surface area contributed by atoms with Crippen LogP contribution in [0.3, 0.4) is 0 Å². The van der Waals surface area contributed by atoms with Crippen molar-refractivity contribution < 1.29 is 9.53 Å². The molecule has 0 aliphatic carbocycles. The van der Waals surface area contributed by atoms with E-state index in [1.807, 2.05) is 13.8 Å². The Morgan fingerprint density at radius 3 is 2.50 bits per heavy atom. The summed E-state index contributed by atoms with van der Waals surface area (Å²) in [6, 6.07) is 0. The molecule has 0 bridgehead atoms. The predicted molar refractivity (Wildman–Crippen MR) is 58.6 cm³/mol. The summed E-state index contributed by atoms with van der Waals surface area (Å²) < 4.78 is 6.11. The molecule has 3 heteroatoms. The van der Waals surface area contributed by atoms with E-state index < -0.39 is 0 Å². The van der Waals surface area contributed by atoms with Gasteiger partial charge in [-0.1, -0.05) is 35.9 Å². The molecule has 0 spiro atoms. The third-order valence-electron chi connectivity index (χ3n) is 1.54. The SMILES string of the molecule is CCCC(C)(C)OC(=O)CCI. The molecule has 0 aliphatic rings. The molecule has 0 saturated carbocycles. The van der Waals surface area contributed by atoms with Crippen LogP contribution in [0.5, 0.6) is 0 Å². The molecule has 0 unspecified atom stereocenters. The smallest absolute Gasteiger partial charge is 0.307 e. The summed E-state index contributed by atoms with van der Waals surface area (Å²) in [5.74, 6) is -0.0807. The summed E-state index contributed by atoms with van der Waals surface area (Å²) in [4.78, 5) is 11.1. The average molecular weight is 284 g/mol. The van der Waals surface area contributed by atoms with Gasteiger partial charge in [-0.15, -0.1) is 0 Å². The van der Waals surface area contributed by atoms with E-state index >= 15 is 0 Å². The van der Waals surface area contributed by atoms with Crippen LogP contribution in [-0.2, 0) is 9.53 Å². The molecule has 0 rings (SSSR count). The minimum Gasteiger partial charge on any atom is -0.460 e. The van der Waals surface area contributed by atoms with E-state index in [2.05, 4.69) is 29.5 Å². The number of hydrogen-bond donors (Lipinski definition) is 0. The van der Waals surface area contributed by atoms with Crippen molar-refractivity contribution in [2.24, 2.45) is 0 Å². The number of hydrogen-bond acceptors (Lipinski definition) is 2. The zero-order chi connectivity index (χ0) is 9.61. The van der Waals surface area contributed by atoms with Gasteiger partial charge in [0.15, 0.2) is 0 Å². The van der Waals surface area contributed by atoms with E-state index in [4.69, 9.17) is 4.74 Å². The molecule has 0 aromatic carbocycles. The second kappa shape index (κ2) is 5.78. The molecule has 72 valence electrons. The van der Waals surface area contributed by atoms with Crippen molar-refractivity contribution >= 4 is 28.6 Å². The van der Waals surface area contributed by atoms with E-state index in [9.17, 15) is 4.79 Å². The monoisotopic (exact) mass is 284 g/mol. The third-order valence-corrected chi connectivity index (χ3v) is 2.08. The van der Waals surface area contributed by atoms with Gasteiger partial charge in [0, 0.05) is 4.43 Å². The molecule has 0 fully saturated rings. The lowest BCUT2D eigenvalue weighted by atomic mass is 10.0. The second-order valence-electron chi connectivity index (χ2n) is 3.42. The Kier molecular flexibility index (Phi) is 5.88. The molecule has 0 heterocycles. The van der Waals surface area contributed by atoms with Crippen molar-refractivity contribution in [3.05, 3.63) is 0 Å². The Hall–Kier alpha value is 0.200. The highest BCUT2D eigenvalue weighted by molar-refractivity contribution is 14.1. The van der Waals surface area contributed by atoms with Crippen LogP contribution in [-0.4, -0.2) is 16.0 Å². The standard InChI is InChI=1S/C9H17IO2/c1-4-6-9(2,3)12-8(11)5-7-10/h4-7H2,1-3H3. The summed E-state index contributed by atoms with van der Waals surface area (Å²) in [7, 11) is 0. The van der Waals surface area contributed by atoms with Gasteiger partial charge in [0.25, 0.3) is 0 Å². The highest BCUT2D eigenvalue weighted by Crippen LogP contribution is 2.17. The van der Waals surface area contributed by atoms with E-state index in [0.29, 0.717) is 6.42 Å². The molecule has 0 amide bonds. The van der Waals surface area contributed by atoms with Crippen molar-refractivity contribution in [3.8, 4) is 0 Å². The number of carbonyl (C=O) groups is 1. The number of esters is 1. The highest BCUT2D eigenvalue weighted by atomic mass is 127. The quantitative estimate of drug-likeness (QED) is 0.441. The number of alkyl halides is 1. The van der Waals surface area contributed by atoms with Gasteiger partial charge in [-0.2, -0.15) is 0 Å². The predicted octanol–water partition coefficient (Wildman–Crippen LogP) is 2.93. The van der Waals surface area contributed by atoms with Crippen molar-refractivity contribution in [3.63, 3.8) is 0 Å². The molecule has 0 saturated heterocycles. The third kappa shape index (κ3) is 5.80. The summed E-state index contributed by atoms with van der Waals surface area (Å²) in [6.45, 7) is 6.01. The molecule has 0 aromatic rings. The first kappa shape index (κ1) is 12.2. The van der Waals surface area contributed by atoms with Crippen LogP contribution in [0.4, 0.5) is 0 Å². The van der Waals surface area contributed by atoms with Crippen LogP contribution < -0.4 is 0 Å². The molecule has 0 aromatic heterocycles. The summed E-state index contributed by atoms with van der Waals surface area (Å²) in [5, 5.41) is 0. The maximum Gasteiger partial charge on any atom is 0.307 e. The topological polar surface area (TPSA) is 26.3 Å². The van der Waals surface area contributed by atoms with E-state index in [-0.39, 0.29) is 11.6 Å². The Morgan fingerprint density at radius 1 is 1.50 bits per heavy atom. The highest BCUT2D eigenvalue weighted by Gasteiger charge is 2.20. The maximum atomic E-state index is 11.1. The normalized spacial score (nSPS) is 11.3. The lowest BCUT2D eigenvalue weighted by Gasteiger charge is -2.24. The van der Waals surface area contributed by atoms with Gasteiger partial charge in [-0.05, 0) is 20.3 Å². The van der Waals surface area contributed by atoms with E-state index in [1.54, 1.807) is 0 Å². The molecule has 12 heavy (non-hydrogen) atoms. The number of halogens is 1. The Bertz CT molecular complexity index is 143. The largest absolute Gasteiger partial charge is 0.460 e. The van der Waals surface area contributed by atoms with Gasteiger partial charge in [0.1, 0.15) is 5.60 Å². The van der Waals surface area contributed by atoms with Crippen LogP contribution in [0, 0.1) is 0 Å². The van der Waals surface area contributed by atoms with Crippen molar-refractivity contribution in [2.75, 3.05) is 4.43 Å². The van der Waals surface area contributed by atoms with Crippen LogP contribution in [0.1, 0.15) is 40.0 Å². The lowest BCUT2D eigenvalue weighted by molar-refractivity contribution is -0.156. The Balaban J connectivity index is 3.79. The summed E-state index contributed by atoms with van der Waals surface area (Å²) in [5.41, 5.74) is -0.280. The molecule has 0 N–H and O–H groups in total. The molecule has 2 nitrogen and oxygen atoms in total. The molecule has 0 aliphatic heterocycles. The fourth-order valence-corrected chi connectivity index (χ4v) is 1.53. The fourth-order valence-electron chi connectivity index (χ4n) is 1.09. The van der Waals surface area contributed by atoms with Crippen molar-refractivity contribution in [2.45, 2.75) is 45.6 Å². The first-order valence-electron chi connectivity index (χ1n) is 4.29. The second-order valence-corrected chi connectivity index (χ2v) is 4.50. The summed E-state index contributed by atoms with van der Waals surface area (Å²) in [6.07, 6.45) is 2.50. The Labute approximate surface area is 88.2 Å². The zero-order valence-corrected chi connectivity index (χ0v) is 10.2. The zero-order valence-electron chi connectivity index (χ0n) is 8.02. The van der Waals surface area contributed by atoms with Crippen LogP contribution in [0.15, 0.2) is 0 Å². The van der Waals surface area contributed by atoms with Gasteiger partial charge in [0.2, 0.25) is 0 Å². The Morgan fingerprint density at radius 2 is 2.08 bits per heavy atom. The van der Waals surface area contributed by atoms with Gasteiger partial charge in [0.05, 0.1) is 6.42 Å². The van der Waals surface area contributed by atoms with Crippen LogP contribution >= 0.6 is 22.6 Å². The van der Waals surface area contributed by atoms with Gasteiger partial charge >= 0.3 is 5.97 Å². The molecular weight excluding hydrogens is 267 g/mol. The van der Waals surface area contributed by atoms with E-state index in [0.717, 1.165) is 17.3 Å². The molecule has 0 atom stereocenters. The number of ether oxygens (including phenoxy) is 1. The maximum absolute atomic E-state index is 11.1. The first-order chi connectivity index (χ1) is 5.52. The minimum absolute atomic E-state index is 0.0807. The van der Waals surface area contributed by atoms with Gasteiger partial charge in [-0.25, -0.2) is 0 Å². The lowest BCUT2D eigenvalue weighted by Crippen LogP contribution is -2.27.